The number of anilines is 1. The Hall–Kier alpha value is -3.56. The Morgan fingerprint density at radius 1 is 1.00 bits per heavy atom. The highest BCUT2D eigenvalue weighted by Gasteiger charge is 2.33. The van der Waals surface area contributed by atoms with E-state index in [0.29, 0.717) is 22.0 Å². The van der Waals surface area contributed by atoms with Crippen LogP contribution in [-0.2, 0) is 32.6 Å². The fourth-order valence-corrected chi connectivity index (χ4v) is 5.20. The van der Waals surface area contributed by atoms with Gasteiger partial charge in [-0.1, -0.05) is 60.1 Å². The van der Waals surface area contributed by atoms with Gasteiger partial charge in [-0.3, -0.25) is 13.9 Å². The van der Waals surface area contributed by atoms with E-state index in [1.165, 1.54) is 18.0 Å². The van der Waals surface area contributed by atoms with Crippen LogP contribution in [0, 0.1) is 6.92 Å². The summed E-state index contributed by atoms with van der Waals surface area (Å²) in [6.07, 6.45) is 1.28. The molecule has 0 radical (unpaired) electrons. The zero-order chi connectivity index (χ0) is 27.9. The minimum atomic E-state index is -3.87. The average molecular weight is 558 g/mol. The molecule has 0 saturated heterocycles. The van der Waals surface area contributed by atoms with Gasteiger partial charge in [0.1, 0.15) is 18.3 Å². The molecule has 3 aromatic rings. The number of ether oxygens (including phenoxy) is 1. The van der Waals surface area contributed by atoms with Crippen molar-refractivity contribution < 1.29 is 22.7 Å². The van der Waals surface area contributed by atoms with E-state index < -0.39 is 28.5 Å². The first-order chi connectivity index (χ1) is 18.0. The van der Waals surface area contributed by atoms with Gasteiger partial charge in [0.05, 0.1) is 19.1 Å². The number of likely N-dealkylation sites (N-methyl/N-ethyl adjacent to an activating group) is 1. The van der Waals surface area contributed by atoms with Gasteiger partial charge in [0.15, 0.2) is 0 Å². The van der Waals surface area contributed by atoms with Gasteiger partial charge in [-0.2, -0.15) is 0 Å². The van der Waals surface area contributed by atoms with Gasteiger partial charge in [-0.15, -0.1) is 0 Å². The van der Waals surface area contributed by atoms with Gasteiger partial charge in [-0.05, 0) is 47.9 Å². The molecular weight excluding hydrogens is 526 g/mol. The van der Waals surface area contributed by atoms with Crippen molar-refractivity contribution in [3.8, 4) is 5.75 Å². The summed E-state index contributed by atoms with van der Waals surface area (Å²) in [6, 6.07) is 20.5. The molecule has 3 aromatic carbocycles. The van der Waals surface area contributed by atoms with E-state index in [1.54, 1.807) is 44.4 Å². The predicted molar refractivity (Wildman–Crippen MR) is 150 cm³/mol. The zero-order valence-corrected chi connectivity index (χ0v) is 23.4. The first-order valence-electron chi connectivity index (χ1n) is 11.9. The molecular formula is C28H32ClN3O5S. The average Bonchev–Trinajstić information content (AvgIpc) is 2.90. The summed E-state index contributed by atoms with van der Waals surface area (Å²) >= 11 is 6.17. The molecule has 0 aromatic heterocycles. The maximum absolute atomic E-state index is 14.0. The van der Waals surface area contributed by atoms with Crippen LogP contribution >= 0.6 is 11.6 Å². The van der Waals surface area contributed by atoms with Crippen molar-refractivity contribution in [3.05, 3.63) is 94.5 Å². The van der Waals surface area contributed by atoms with Crippen LogP contribution in [0.15, 0.2) is 72.8 Å². The van der Waals surface area contributed by atoms with E-state index in [9.17, 15) is 18.0 Å². The van der Waals surface area contributed by atoms with Crippen LogP contribution in [0.4, 0.5) is 5.69 Å². The van der Waals surface area contributed by atoms with Crippen LogP contribution in [0.5, 0.6) is 5.75 Å². The fourth-order valence-electron chi connectivity index (χ4n) is 4.13. The number of amides is 2. The molecule has 2 amide bonds. The highest BCUT2D eigenvalue weighted by Crippen LogP contribution is 2.27. The number of nitrogens with zero attached hydrogens (tertiary/aromatic N) is 2. The second-order valence-corrected chi connectivity index (χ2v) is 11.2. The van der Waals surface area contributed by atoms with Crippen LogP contribution in [0.1, 0.15) is 16.7 Å². The summed E-state index contributed by atoms with van der Waals surface area (Å²) in [5, 5.41) is 2.99. The van der Waals surface area contributed by atoms with Crippen molar-refractivity contribution in [1.82, 2.24) is 10.2 Å². The van der Waals surface area contributed by atoms with Crippen molar-refractivity contribution >= 4 is 39.1 Å². The van der Waals surface area contributed by atoms with Gasteiger partial charge in [-0.25, -0.2) is 8.42 Å². The van der Waals surface area contributed by atoms with Crippen LogP contribution in [-0.4, -0.2) is 58.1 Å². The standard InChI is InChI=1S/C28H32ClN3O5S/c1-20-13-14-23(29)17-25(20)32(38(4,35)36)19-27(33)31(18-22-11-8-12-24(15-22)37-3)26(28(34)30-2)16-21-9-6-5-7-10-21/h5-15,17,26H,16,18-19H2,1-4H3,(H,30,34)/t26-/m0/s1. The summed E-state index contributed by atoms with van der Waals surface area (Å²) in [7, 11) is -0.823. The topological polar surface area (TPSA) is 96.0 Å². The SMILES string of the molecule is CNC(=O)[C@H](Cc1ccccc1)N(Cc1cccc(OC)c1)C(=O)CN(c1cc(Cl)ccc1C)S(C)(=O)=O. The van der Waals surface area contributed by atoms with Gasteiger partial charge in [0.2, 0.25) is 21.8 Å². The minimum Gasteiger partial charge on any atom is -0.497 e. The van der Waals surface area contributed by atoms with Crippen LogP contribution in [0.3, 0.4) is 0 Å². The number of aryl methyl sites for hydroxylation is 1. The summed E-state index contributed by atoms with van der Waals surface area (Å²) in [5.41, 5.74) is 2.52. The molecule has 0 bridgehead atoms. The second kappa shape index (κ2) is 12.8. The highest BCUT2D eigenvalue weighted by atomic mass is 35.5. The largest absolute Gasteiger partial charge is 0.497 e. The van der Waals surface area contributed by atoms with Gasteiger partial charge < -0.3 is 15.0 Å². The van der Waals surface area contributed by atoms with E-state index in [4.69, 9.17) is 16.3 Å². The number of nitrogens with one attached hydrogen (secondary N) is 1. The summed E-state index contributed by atoms with van der Waals surface area (Å²) in [6.45, 7) is 1.30. The summed E-state index contributed by atoms with van der Waals surface area (Å²) < 4.78 is 32.1. The Bertz CT molecular complexity index is 1380. The Morgan fingerprint density at radius 2 is 1.68 bits per heavy atom. The van der Waals surface area contributed by atoms with Gasteiger partial charge in [0.25, 0.3) is 0 Å². The van der Waals surface area contributed by atoms with E-state index in [-0.39, 0.29) is 18.9 Å². The molecule has 38 heavy (non-hydrogen) atoms. The lowest BCUT2D eigenvalue weighted by Gasteiger charge is -2.33. The first kappa shape index (κ1) is 29.0. The maximum Gasteiger partial charge on any atom is 0.244 e. The van der Waals surface area contributed by atoms with E-state index in [2.05, 4.69) is 5.32 Å². The number of halogens is 1. The molecule has 0 heterocycles. The lowest BCUT2D eigenvalue weighted by Crippen LogP contribution is -2.53. The highest BCUT2D eigenvalue weighted by molar-refractivity contribution is 7.92. The van der Waals surface area contributed by atoms with E-state index in [0.717, 1.165) is 21.7 Å². The molecule has 0 aliphatic heterocycles. The third kappa shape index (κ3) is 7.49. The first-order valence-corrected chi connectivity index (χ1v) is 14.2. The van der Waals surface area contributed by atoms with Crippen molar-refractivity contribution in [2.75, 3.05) is 31.3 Å². The van der Waals surface area contributed by atoms with Crippen molar-refractivity contribution in [2.24, 2.45) is 0 Å². The lowest BCUT2D eigenvalue weighted by atomic mass is 10.0. The minimum absolute atomic E-state index is 0.0626. The second-order valence-electron chi connectivity index (χ2n) is 8.89. The molecule has 8 nitrogen and oxygen atoms in total. The monoisotopic (exact) mass is 557 g/mol. The summed E-state index contributed by atoms with van der Waals surface area (Å²) in [4.78, 5) is 28.5. The molecule has 3 rings (SSSR count). The van der Waals surface area contributed by atoms with E-state index in [1.807, 2.05) is 36.4 Å². The number of rotatable bonds is 11. The molecule has 1 atom stereocenters. The van der Waals surface area contributed by atoms with Gasteiger partial charge >= 0.3 is 0 Å². The van der Waals surface area contributed by atoms with Crippen LogP contribution in [0.25, 0.3) is 0 Å². The van der Waals surface area contributed by atoms with Crippen molar-refractivity contribution in [3.63, 3.8) is 0 Å². The smallest absolute Gasteiger partial charge is 0.244 e. The Labute approximate surface area is 229 Å². The predicted octanol–water partition coefficient (Wildman–Crippen LogP) is 3.81. The fraction of sp³-hybridized carbons (Fsp3) is 0.286. The Morgan fingerprint density at radius 3 is 2.32 bits per heavy atom. The number of carbonyl (C=O) groups excluding carboxylic acids is 2. The molecule has 0 spiro atoms. The number of hydrogen-bond acceptors (Lipinski definition) is 5. The molecule has 202 valence electrons. The Balaban J connectivity index is 2.06. The van der Waals surface area contributed by atoms with Crippen LogP contribution < -0.4 is 14.4 Å². The van der Waals surface area contributed by atoms with Crippen molar-refractivity contribution in [2.45, 2.75) is 25.9 Å². The van der Waals surface area contributed by atoms with Crippen molar-refractivity contribution in [1.29, 1.82) is 0 Å². The molecule has 0 unspecified atom stereocenters. The lowest BCUT2D eigenvalue weighted by molar-refractivity contribution is -0.139. The number of sulfonamides is 1. The molecule has 0 aliphatic carbocycles. The normalized spacial score (nSPS) is 11.9. The van der Waals surface area contributed by atoms with Gasteiger partial charge in [0, 0.05) is 25.0 Å². The van der Waals surface area contributed by atoms with Crippen LogP contribution in [0.2, 0.25) is 5.02 Å². The zero-order valence-electron chi connectivity index (χ0n) is 21.8. The third-order valence-electron chi connectivity index (χ3n) is 6.12. The number of carbonyl (C=O) groups is 2. The maximum atomic E-state index is 14.0. The number of benzene rings is 3. The molecule has 0 aliphatic rings. The third-order valence-corrected chi connectivity index (χ3v) is 7.49. The summed E-state index contributed by atoms with van der Waals surface area (Å²) in [5.74, 6) is -0.307. The molecule has 0 saturated carbocycles. The molecule has 10 heteroatoms. The number of methoxy groups -OCH3 is 1. The molecule has 1 N–H and O–H groups in total. The molecule has 0 fully saturated rings. The van der Waals surface area contributed by atoms with E-state index >= 15 is 0 Å². The number of hydrogen-bond donors (Lipinski definition) is 1. The quantitative estimate of drug-likeness (QED) is 0.387. The Kier molecular flexibility index (Phi) is 9.77.